The Hall–Kier alpha value is -1.02. The highest BCUT2D eigenvalue weighted by atomic mass is 15.1. The van der Waals surface area contributed by atoms with E-state index in [2.05, 4.69) is 48.5 Å². The van der Waals surface area contributed by atoms with Gasteiger partial charge in [-0.1, -0.05) is 18.2 Å². The molecule has 0 radical (unpaired) electrons. The van der Waals surface area contributed by atoms with E-state index < -0.39 is 0 Å². The molecular formula is C14H22N2. The van der Waals surface area contributed by atoms with E-state index in [4.69, 9.17) is 0 Å². The number of hydrogen-bond acceptors (Lipinski definition) is 2. The zero-order valence-electron chi connectivity index (χ0n) is 10.5. The molecule has 1 unspecified atom stereocenters. The summed E-state index contributed by atoms with van der Waals surface area (Å²) in [4.78, 5) is 2.43. The van der Waals surface area contributed by atoms with Crippen molar-refractivity contribution in [3.05, 3.63) is 29.8 Å². The molecule has 2 rings (SSSR count). The van der Waals surface area contributed by atoms with Crippen molar-refractivity contribution in [2.75, 3.05) is 19.0 Å². The Morgan fingerprint density at radius 2 is 2.06 bits per heavy atom. The van der Waals surface area contributed by atoms with Gasteiger partial charge in [0.1, 0.15) is 0 Å². The van der Waals surface area contributed by atoms with Gasteiger partial charge in [-0.2, -0.15) is 0 Å². The minimum absolute atomic E-state index is 0.665. The third kappa shape index (κ3) is 2.38. The summed E-state index contributed by atoms with van der Waals surface area (Å²) in [5, 5.41) is 3.24. The molecular weight excluding hydrogens is 196 g/mol. The normalized spacial score (nSPS) is 17.2. The molecule has 2 heteroatoms. The SMILES string of the molecule is CNCc1ccccc1N(C)C(C)C1CC1. The summed E-state index contributed by atoms with van der Waals surface area (Å²) in [5.74, 6) is 0.910. The van der Waals surface area contributed by atoms with Gasteiger partial charge in [0.15, 0.2) is 0 Å². The first-order chi connectivity index (χ1) is 7.74. The predicted octanol–water partition coefficient (Wildman–Crippen LogP) is 2.64. The van der Waals surface area contributed by atoms with E-state index in [1.54, 1.807) is 0 Å². The lowest BCUT2D eigenvalue weighted by Gasteiger charge is -2.29. The first-order valence-corrected chi connectivity index (χ1v) is 6.19. The average Bonchev–Trinajstić information content (AvgIpc) is 3.12. The Balaban J connectivity index is 2.17. The average molecular weight is 218 g/mol. The fraction of sp³-hybridized carbons (Fsp3) is 0.571. The van der Waals surface area contributed by atoms with Gasteiger partial charge in [-0.05, 0) is 44.4 Å². The molecule has 0 saturated heterocycles. The minimum Gasteiger partial charge on any atom is -0.371 e. The van der Waals surface area contributed by atoms with Crippen molar-refractivity contribution >= 4 is 5.69 Å². The van der Waals surface area contributed by atoms with Crippen LogP contribution in [-0.4, -0.2) is 20.1 Å². The number of para-hydroxylation sites is 1. The summed E-state index contributed by atoms with van der Waals surface area (Å²) in [6, 6.07) is 9.35. The lowest BCUT2D eigenvalue weighted by atomic mass is 10.1. The predicted molar refractivity (Wildman–Crippen MR) is 69.8 cm³/mol. The van der Waals surface area contributed by atoms with Crippen LogP contribution in [0.15, 0.2) is 24.3 Å². The van der Waals surface area contributed by atoms with Crippen LogP contribution in [0.2, 0.25) is 0 Å². The topological polar surface area (TPSA) is 15.3 Å². The molecule has 1 aliphatic carbocycles. The minimum atomic E-state index is 0.665. The zero-order valence-corrected chi connectivity index (χ0v) is 10.5. The van der Waals surface area contributed by atoms with Gasteiger partial charge in [0, 0.05) is 25.3 Å². The van der Waals surface area contributed by atoms with E-state index >= 15 is 0 Å². The van der Waals surface area contributed by atoms with Crippen molar-refractivity contribution in [2.24, 2.45) is 5.92 Å². The number of anilines is 1. The van der Waals surface area contributed by atoms with Gasteiger partial charge in [-0.15, -0.1) is 0 Å². The molecule has 1 aliphatic rings. The summed E-state index contributed by atoms with van der Waals surface area (Å²) in [7, 11) is 4.22. The van der Waals surface area contributed by atoms with Gasteiger partial charge in [-0.25, -0.2) is 0 Å². The highest BCUT2D eigenvalue weighted by Crippen LogP contribution is 2.36. The quantitative estimate of drug-likeness (QED) is 0.817. The fourth-order valence-corrected chi connectivity index (χ4v) is 2.31. The van der Waals surface area contributed by atoms with Gasteiger partial charge in [0.25, 0.3) is 0 Å². The van der Waals surface area contributed by atoms with Gasteiger partial charge in [0.05, 0.1) is 0 Å². The van der Waals surface area contributed by atoms with Crippen molar-refractivity contribution in [1.82, 2.24) is 5.32 Å². The molecule has 0 aliphatic heterocycles. The largest absolute Gasteiger partial charge is 0.371 e. The second-order valence-electron chi connectivity index (χ2n) is 4.85. The molecule has 16 heavy (non-hydrogen) atoms. The highest BCUT2D eigenvalue weighted by molar-refractivity contribution is 5.54. The first kappa shape index (κ1) is 11.5. The maximum absolute atomic E-state index is 3.24. The number of nitrogens with one attached hydrogen (secondary N) is 1. The number of hydrogen-bond donors (Lipinski definition) is 1. The maximum Gasteiger partial charge on any atom is 0.0411 e. The lowest BCUT2D eigenvalue weighted by Crippen LogP contribution is -2.31. The van der Waals surface area contributed by atoms with Gasteiger partial charge in [0.2, 0.25) is 0 Å². The Labute approximate surface area is 98.7 Å². The highest BCUT2D eigenvalue weighted by Gasteiger charge is 2.31. The van der Waals surface area contributed by atoms with Crippen LogP contribution in [0.5, 0.6) is 0 Å². The van der Waals surface area contributed by atoms with E-state index in [9.17, 15) is 0 Å². The van der Waals surface area contributed by atoms with Crippen molar-refractivity contribution in [1.29, 1.82) is 0 Å². The van der Waals surface area contributed by atoms with E-state index in [1.807, 2.05) is 7.05 Å². The number of nitrogens with zero attached hydrogens (tertiary/aromatic N) is 1. The van der Waals surface area contributed by atoms with Crippen LogP contribution in [0.4, 0.5) is 5.69 Å². The van der Waals surface area contributed by atoms with E-state index in [1.165, 1.54) is 24.1 Å². The summed E-state index contributed by atoms with van der Waals surface area (Å²) >= 11 is 0. The van der Waals surface area contributed by atoms with Gasteiger partial charge in [-0.3, -0.25) is 0 Å². The maximum atomic E-state index is 3.24. The molecule has 0 spiro atoms. The molecule has 0 bridgehead atoms. The first-order valence-electron chi connectivity index (χ1n) is 6.19. The molecule has 0 amide bonds. The Kier molecular flexibility index (Phi) is 3.49. The van der Waals surface area contributed by atoms with E-state index in [0.717, 1.165) is 12.5 Å². The van der Waals surface area contributed by atoms with Crippen LogP contribution >= 0.6 is 0 Å². The third-order valence-corrected chi connectivity index (χ3v) is 3.65. The standard InChI is InChI=1S/C14H22N2/c1-11(12-8-9-12)16(3)14-7-5-4-6-13(14)10-15-2/h4-7,11-12,15H,8-10H2,1-3H3. The Bertz CT molecular complexity index is 344. The van der Waals surface area contributed by atoms with Gasteiger partial charge < -0.3 is 10.2 Å². The van der Waals surface area contributed by atoms with E-state index in [-0.39, 0.29) is 0 Å². The van der Waals surface area contributed by atoms with E-state index in [0.29, 0.717) is 6.04 Å². The second-order valence-corrected chi connectivity index (χ2v) is 4.85. The van der Waals surface area contributed by atoms with Crippen molar-refractivity contribution < 1.29 is 0 Å². The summed E-state index contributed by atoms with van der Waals surface area (Å²) in [5.41, 5.74) is 2.76. The van der Waals surface area contributed by atoms with Crippen molar-refractivity contribution in [3.63, 3.8) is 0 Å². The second kappa shape index (κ2) is 4.88. The number of benzene rings is 1. The molecule has 2 nitrogen and oxygen atoms in total. The Morgan fingerprint density at radius 1 is 1.38 bits per heavy atom. The monoisotopic (exact) mass is 218 g/mol. The molecule has 1 saturated carbocycles. The summed E-state index contributed by atoms with van der Waals surface area (Å²) in [6.07, 6.45) is 2.80. The van der Waals surface area contributed by atoms with Crippen LogP contribution < -0.4 is 10.2 Å². The van der Waals surface area contributed by atoms with Crippen LogP contribution in [0.25, 0.3) is 0 Å². The van der Waals surface area contributed by atoms with Crippen LogP contribution in [0.3, 0.4) is 0 Å². The fourth-order valence-electron chi connectivity index (χ4n) is 2.31. The molecule has 0 aromatic heterocycles. The molecule has 1 atom stereocenters. The van der Waals surface area contributed by atoms with Crippen molar-refractivity contribution in [2.45, 2.75) is 32.4 Å². The third-order valence-electron chi connectivity index (χ3n) is 3.65. The smallest absolute Gasteiger partial charge is 0.0411 e. The molecule has 88 valence electrons. The molecule has 1 fully saturated rings. The van der Waals surface area contributed by atoms with Gasteiger partial charge >= 0.3 is 0 Å². The molecule has 1 N–H and O–H groups in total. The molecule has 1 aromatic carbocycles. The lowest BCUT2D eigenvalue weighted by molar-refractivity contribution is 0.606. The van der Waals surface area contributed by atoms with Crippen LogP contribution in [-0.2, 0) is 6.54 Å². The van der Waals surface area contributed by atoms with Crippen LogP contribution in [0.1, 0.15) is 25.3 Å². The molecule has 0 heterocycles. The molecule has 1 aromatic rings. The van der Waals surface area contributed by atoms with Crippen LogP contribution in [0, 0.1) is 5.92 Å². The Morgan fingerprint density at radius 3 is 2.69 bits per heavy atom. The summed E-state index contributed by atoms with van der Waals surface area (Å²) < 4.78 is 0. The number of rotatable bonds is 5. The zero-order chi connectivity index (χ0) is 11.5. The summed E-state index contributed by atoms with van der Waals surface area (Å²) in [6.45, 7) is 3.28. The van der Waals surface area contributed by atoms with Crippen molar-refractivity contribution in [3.8, 4) is 0 Å².